The van der Waals surface area contributed by atoms with Gasteiger partial charge in [0.1, 0.15) is 5.75 Å². The maximum atomic E-state index is 12.5. The normalized spacial score (nSPS) is 21.4. The highest BCUT2D eigenvalue weighted by atomic mass is 16.5. The fraction of sp³-hybridized carbons (Fsp3) is 0.500. The molecule has 1 aromatic carbocycles. The van der Waals surface area contributed by atoms with Crippen LogP contribution in [0.25, 0.3) is 0 Å². The van der Waals surface area contributed by atoms with Gasteiger partial charge in [-0.2, -0.15) is 5.26 Å². The van der Waals surface area contributed by atoms with Crippen LogP contribution in [-0.4, -0.2) is 19.6 Å². The number of nitrogens with one attached hydrogen (secondary N) is 1. The van der Waals surface area contributed by atoms with Crippen LogP contribution < -0.4 is 15.8 Å². The second kappa shape index (κ2) is 7.09. The Kier molecular flexibility index (Phi) is 5.18. The Balaban J connectivity index is 2.13. The molecule has 21 heavy (non-hydrogen) atoms. The van der Waals surface area contributed by atoms with Crippen molar-refractivity contribution in [1.82, 2.24) is 0 Å². The molecule has 2 atom stereocenters. The van der Waals surface area contributed by atoms with Crippen molar-refractivity contribution in [3.8, 4) is 11.8 Å². The van der Waals surface area contributed by atoms with Crippen LogP contribution in [0.2, 0.25) is 0 Å². The maximum absolute atomic E-state index is 12.5. The van der Waals surface area contributed by atoms with Crippen LogP contribution in [0.1, 0.15) is 31.2 Å². The average molecular weight is 287 g/mol. The van der Waals surface area contributed by atoms with Crippen molar-refractivity contribution in [2.24, 2.45) is 17.6 Å². The van der Waals surface area contributed by atoms with Gasteiger partial charge in [-0.3, -0.25) is 4.79 Å². The number of rotatable bonds is 4. The van der Waals surface area contributed by atoms with E-state index in [1.165, 1.54) is 7.11 Å². The van der Waals surface area contributed by atoms with Crippen LogP contribution in [-0.2, 0) is 4.79 Å². The van der Waals surface area contributed by atoms with Crippen LogP contribution in [0.3, 0.4) is 0 Å². The predicted molar refractivity (Wildman–Crippen MR) is 80.8 cm³/mol. The first kappa shape index (κ1) is 15.3. The summed E-state index contributed by atoms with van der Waals surface area (Å²) in [6.45, 7) is 0.544. The van der Waals surface area contributed by atoms with Crippen molar-refractivity contribution in [2.75, 3.05) is 19.0 Å². The van der Waals surface area contributed by atoms with E-state index in [2.05, 4.69) is 11.4 Å². The number of nitrogens with zero attached hydrogens (tertiary/aromatic N) is 1. The topological polar surface area (TPSA) is 88.1 Å². The van der Waals surface area contributed by atoms with Crippen molar-refractivity contribution in [1.29, 1.82) is 5.26 Å². The molecule has 0 radical (unpaired) electrons. The Labute approximate surface area is 125 Å². The van der Waals surface area contributed by atoms with Crippen LogP contribution in [0.5, 0.6) is 5.75 Å². The Hall–Kier alpha value is -2.06. The molecule has 0 bridgehead atoms. The van der Waals surface area contributed by atoms with E-state index in [9.17, 15) is 4.79 Å². The molecule has 1 fully saturated rings. The molecule has 0 aliphatic heterocycles. The van der Waals surface area contributed by atoms with Gasteiger partial charge in [-0.05, 0) is 37.4 Å². The number of amides is 1. The first-order chi connectivity index (χ1) is 10.2. The minimum absolute atomic E-state index is 0.00634. The van der Waals surface area contributed by atoms with Gasteiger partial charge in [0.15, 0.2) is 0 Å². The largest absolute Gasteiger partial charge is 0.495 e. The van der Waals surface area contributed by atoms with E-state index in [0.717, 1.165) is 25.7 Å². The van der Waals surface area contributed by atoms with Crippen molar-refractivity contribution in [3.63, 3.8) is 0 Å². The lowest BCUT2D eigenvalue weighted by Crippen LogP contribution is -2.35. The first-order valence-electron chi connectivity index (χ1n) is 7.28. The van der Waals surface area contributed by atoms with Crippen LogP contribution in [0, 0.1) is 23.2 Å². The third-order valence-electron chi connectivity index (χ3n) is 4.14. The SMILES string of the molecule is COc1cc(C#N)ccc1NC(=O)C1CCCCC1CN. The second-order valence-electron chi connectivity index (χ2n) is 5.40. The van der Waals surface area contributed by atoms with E-state index in [1.807, 2.05) is 0 Å². The lowest BCUT2D eigenvalue weighted by molar-refractivity contribution is -0.122. The third-order valence-corrected chi connectivity index (χ3v) is 4.14. The van der Waals surface area contributed by atoms with E-state index < -0.39 is 0 Å². The predicted octanol–water partition coefficient (Wildman–Crippen LogP) is 2.27. The molecule has 1 amide bonds. The molecule has 1 aromatic rings. The van der Waals surface area contributed by atoms with Gasteiger partial charge in [-0.15, -0.1) is 0 Å². The fourth-order valence-electron chi connectivity index (χ4n) is 2.92. The molecular weight excluding hydrogens is 266 g/mol. The van der Waals surface area contributed by atoms with Gasteiger partial charge in [0, 0.05) is 12.0 Å². The van der Waals surface area contributed by atoms with Gasteiger partial charge in [-0.25, -0.2) is 0 Å². The average Bonchev–Trinajstić information content (AvgIpc) is 2.55. The van der Waals surface area contributed by atoms with E-state index in [0.29, 0.717) is 23.5 Å². The summed E-state index contributed by atoms with van der Waals surface area (Å²) in [6.07, 6.45) is 4.11. The van der Waals surface area contributed by atoms with Crippen molar-refractivity contribution in [2.45, 2.75) is 25.7 Å². The number of nitriles is 1. The zero-order valence-corrected chi connectivity index (χ0v) is 12.3. The van der Waals surface area contributed by atoms with Crippen LogP contribution in [0.4, 0.5) is 5.69 Å². The molecule has 0 spiro atoms. The number of hydrogen-bond donors (Lipinski definition) is 2. The highest BCUT2D eigenvalue weighted by Gasteiger charge is 2.30. The van der Waals surface area contributed by atoms with Gasteiger partial charge < -0.3 is 15.8 Å². The molecular formula is C16H21N3O2. The lowest BCUT2D eigenvalue weighted by atomic mass is 9.78. The zero-order chi connectivity index (χ0) is 15.2. The smallest absolute Gasteiger partial charge is 0.227 e. The van der Waals surface area contributed by atoms with Gasteiger partial charge in [0.2, 0.25) is 5.91 Å². The standard InChI is InChI=1S/C16H21N3O2/c1-21-15-8-11(9-17)6-7-14(15)19-16(20)13-5-3-2-4-12(13)10-18/h6-8,12-13H,2-5,10,18H2,1H3,(H,19,20). The van der Waals surface area contributed by atoms with Gasteiger partial charge in [0.25, 0.3) is 0 Å². The summed E-state index contributed by atoms with van der Waals surface area (Å²) in [4.78, 5) is 12.5. The second-order valence-corrected chi connectivity index (χ2v) is 5.40. The number of benzene rings is 1. The highest BCUT2D eigenvalue weighted by Crippen LogP contribution is 2.32. The number of carbonyl (C=O) groups excluding carboxylic acids is 1. The van der Waals surface area contributed by atoms with Crippen molar-refractivity contribution < 1.29 is 9.53 Å². The summed E-state index contributed by atoms with van der Waals surface area (Å²) < 4.78 is 5.24. The molecule has 5 nitrogen and oxygen atoms in total. The molecule has 2 rings (SSSR count). The quantitative estimate of drug-likeness (QED) is 0.889. The number of carbonyl (C=O) groups is 1. The summed E-state index contributed by atoms with van der Waals surface area (Å²) in [5.74, 6) is 0.711. The van der Waals surface area contributed by atoms with Gasteiger partial charge in [0.05, 0.1) is 24.4 Å². The Morgan fingerprint density at radius 2 is 2.24 bits per heavy atom. The molecule has 0 aromatic heterocycles. The maximum Gasteiger partial charge on any atom is 0.227 e. The molecule has 1 aliphatic rings. The Morgan fingerprint density at radius 1 is 1.48 bits per heavy atom. The number of anilines is 1. The summed E-state index contributed by atoms with van der Waals surface area (Å²) in [5, 5.41) is 11.8. The Morgan fingerprint density at radius 3 is 2.90 bits per heavy atom. The Bertz CT molecular complexity index is 551. The summed E-state index contributed by atoms with van der Waals surface area (Å²) in [5.41, 5.74) is 6.88. The van der Waals surface area contributed by atoms with E-state index >= 15 is 0 Å². The van der Waals surface area contributed by atoms with Crippen LogP contribution in [0.15, 0.2) is 18.2 Å². The molecule has 1 saturated carbocycles. The third kappa shape index (κ3) is 3.53. The molecule has 0 heterocycles. The van der Waals surface area contributed by atoms with E-state index in [-0.39, 0.29) is 17.7 Å². The first-order valence-corrected chi connectivity index (χ1v) is 7.28. The molecule has 5 heteroatoms. The molecule has 1 aliphatic carbocycles. The summed E-state index contributed by atoms with van der Waals surface area (Å²) in [6, 6.07) is 7.04. The zero-order valence-electron chi connectivity index (χ0n) is 12.3. The van der Waals surface area contributed by atoms with E-state index in [4.69, 9.17) is 15.7 Å². The minimum Gasteiger partial charge on any atom is -0.495 e. The van der Waals surface area contributed by atoms with Crippen molar-refractivity contribution in [3.05, 3.63) is 23.8 Å². The fourth-order valence-corrected chi connectivity index (χ4v) is 2.92. The molecule has 112 valence electrons. The monoisotopic (exact) mass is 287 g/mol. The summed E-state index contributed by atoms with van der Waals surface area (Å²) in [7, 11) is 1.52. The number of ether oxygens (including phenoxy) is 1. The van der Waals surface area contributed by atoms with Crippen molar-refractivity contribution >= 4 is 11.6 Å². The molecule has 0 saturated heterocycles. The lowest BCUT2D eigenvalue weighted by Gasteiger charge is -2.29. The molecule has 2 unspecified atom stereocenters. The molecule has 3 N–H and O–H groups in total. The van der Waals surface area contributed by atoms with Gasteiger partial charge in [-0.1, -0.05) is 12.8 Å². The minimum atomic E-state index is -0.0379. The number of hydrogen-bond acceptors (Lipinski definition) is 4. The highest BCUT2D eigenvalue weighted by molar-refractivity contribution is 5.94. The van der Waals surface area contributed by atoms with Gasteiger partial charge >= 0.3 is 0 Å². The van der Waals surface area contributed by atoms with Crippen LogP contribution >= 0.6 is 0 Å². The number of methoxy groups -OCH3 is 1. The number of nitrogens with two attached hydrogens (primary N) is 1. The van der Waals surface area contributed by atoms with E-state index in [1.54, 1.807) is 18.2 Å². The summed E-state index contributed by atoms with van der Waals surface area (Å²) >= 11 is 0.